The number of nitrogens with two attached hydrogens (primary N) is 1. The SMILES string of the molecule is N=C(N)N1CCC2(CC1)CC(C(=O)N1CCc3ccccc3C1C(=O)Nc1ccc(C(=O)O)cc1)C2.O=C(O)C(F)(F)F.O=C(O)C(F)(F)F. The number of rotatable bonds is 4. The van der Waals surface area contributed by atoms with Crippen LogP contribution in [0, 0.1) is 16.7 Å². The van der Waals surface area contributed by atoms with Gasteiger partial charge in [0.15, 0.2) is 5.96 Å². The molecule has 0 bridgehead atoms. The van der Waals surface area contributed by atoms with Crippen LogP contribution in [-0.2, 0) is 25.6 Å². The molecule has 2 amide bonds. The number of aliphatic carboxylic acids is 2. The van der Waals surface area contributed by atoms with E-state index in [0.29, 0.717) is 18.7 Å². The van der Waals surface area contributed by atoms with Gasteiger partial charge in [-0.25, -0.2) is 14.4 Å². The summed E-state index contributed by atoms with van der Waals surface area (Å²) in [6, 6.07) is 13.0. The van der Waals surface area contributed by atoms with Gasteiger partial charge < -0.3 is 36.2 Å². The van der Waals surface area contributed by atoms with E-state index in [0.717, 1.165) is 49.9 Å². The number of guanidine groups is 1. The van der Waals surface area contributed by atoms with Gasteiger partial charge >= 0.3 is 30.3 Å². The molecule has 1 spiro atoms. The minimum absolute atomic E-state index is 0.0190. The van der Waals surface area contributed by atoms with Crippen LogP contribution in [0.15, 0.2) is 48.5 Å². The van der Waals surface area contributed by atoms with E-state index in [4.69, 9.17) is 36.1 Å². The molecule has 50 heavy (non-hydrogen) atoms. The van der Waals surface area contributed by atoms with Crippen molar-refractivity contribution in [1.82, 2.24) is 9.80 Å². The Kier molecular flexibility index (Phi) is 12.1. The topological polar surface area (TPSA) is 214 Å². The average molecular weight is 718 g/mol. The number of nitrogens with zero attached hydrogens (tertiary/aromatic N) is 2. The maximum atomic E-state index is 13.7. The number of carbonyl (C=O) groups is 5. The summed E-state index contributed by atoms with van der Waals surface area (Å²) < 4.78 is 63.5. The van der Waals surface area contributed by atoms with E-state index in [2.05, 4.69) is 5.32 Å². The second-order valence-corrected chi connectivity index (χ2v) is 11.8. The van der Waals surface area contributed by atoms with Crippen LogP contribution in [-0.4, -0.2) is 92.8 Å². The summed E-state index contributed by atoms with van der Waals surface area (Å²) in [6.07, 6.45) is -6.00. The van der Waals surface area contributed by atoms with Crippen molar-refractivity contribution in [3.63, 3.8) is 0 Å². The molecular formula is C31H33F6N5O8. The molecule has 5 rings (SSSR count). The summed E-state index contributed by atoms with van der Waals surface area (Å²) in [7, 11) is 0. The molecule has 1 aliphatic carbocycles. The lowest BCUT2D eigenvalue weighted by Crippen LogP contribution is -2.55. The maximum absolute atomic E-state index is 13.7. The second kappa shape index (κ2) is 15.5. The lowest BCUT2D eigenvalue weighted by molar-refractivity contribution is -0.193. The number of amides is 2. The van der Waals surface area contributed by atoms with Gasteiger partial charge in [0, 0.05) is 31.2 Å². The molecule has 0 radical (unpaired) electrons. The maximum Gasteiger partial charge on any atom is 0.490 e. The first-order chi connectivity index (χ1) is 23.1. The lowest BCUT2D eigenvalue weighted by atomic mass is 9.57. The zero-order valence-corrected chi connectivity index (χ0v) is 26.1. The fraction of sp³-hybridized carbons (Fsp3) is 0.419. The highest BCUT2D eigenvalue weighted by atomic mass is 19.4. The number of benzene rings is 2. The Hall–Kier alpha value is -5.36. The molecular weight excluding hydrogens is 684 g/mol. The number of hydrogen-bond acceptors (Lipinski definition) is 6. The zero-order chi connectivity index (χ0) is 37.6. The normalized spacial score (nSPS) is 18.2. The number of alkyl halides is 6. The number of carboxylic acid groups (broad SMARTS) is 3. The number of carboxylic acids is 3. The van der Waals surface area contributed by atoms with Crippen LogP contribution < -0.4 is 11.1 Å². The Morgan fingerprint density at radius 3 is 1.78 bits per heavy atom. The highest BCUT2D eigenvalue weighted by Gasteiger charge is 2.51. The third kappa shape index (κ3) is 9.85. The predicted molar refractivity (Wildman–Crippen MR) is 162 cm³/mol. The van der Waals surface area contributed by atoms with Crippen molar-refractivity contribution in [2.24, 2.45) is 17.1 Å². The quantitative estimate of drug-likeness (QED) is 0.151. The first-order valence-electron chi connectivity index (χ1n) is 14.9. The summed E-state index contributed by atoms with van der Waals surface area (Å²) in [4.78, 5) is 59.8. The number of nitrogens with one attached hydrogen (secondary N) is 2. The number of halogens is 6. The molecule has 13 nitrogen and oxygen atoms in total. The minimum atomic E-state index is -5.08. The van der Waals surface area contributed by atoms with E-state index in [9.17, 15) is 40.7 Å². The number of aromatic carboxylic acids is 1. The van der Waals surface area contributed by atoms with Crippen LogP contribution in [0.3, 0.4) is 0 Å². The summed E-state index contributed by atoms with van der Waals surface area (Å²) in [5.41, 5.74) is 8.28. The van der Waals surface area contributed by atoms with E-state index in [1.54, 1.807) is 17.0 Å². The highest BCUT2D eigenvalue weighted by Crippen LogP contribution is 2.53. The van der Waals surface area contributed by atoms with Crippen LogP contribution in [0.5, 0.6) is 0 Å². The summed E-state index contributed by atoms with van der Waals surface area (Å²) in [5.74, 6) is -6.83. The van der Waals surface area contributed by atoms with Gasteiger partial charge in [0.1, 0.15) is 6.04 Å². The molecule has 2 aromatic carbocycles. The number of carbonyl (C=O) groups excluding carboxylic acids is 2. The van der Waals surface area contributed by atoms with Crippen molar-refractivity contribution < 1.29 is 65.6 Å². The highest BCUT2D eigenvalue weighted by molar-refractivity contribution is 5.99. The van der Waals surface area contributed by atoms with Gasteiger partial charge in [0.05, 0.1) is 5.56 Å². The van der Waals surface area contributed by atoms with Gasteiger partial charge in [-0.15, -0.1) is 0 Å². The summed E-state index contributed by atoms with van der Waals surface area (Å²) in [5, 5.41) is 33.9. The first-order valence-corrected chi connectivity index (χ1v) is 14.9. The van der Waals surface area contributed by atoms with Gasteiger partial charge in [-0.1, -0.05) is 24.3 Å². The molecule has 1 saturated carbocycles. The fourth-order valence-corrected chi connectivity index (χ4v) is 6.02. The number of hydrogen-bond donors (Lipinski definition) is 6. The van der Waals surface area contributed by atoms with Gasteiger partial charge in [-0.05, 0) is 72.9 Å². The van der Waals surface area contributed by atoms with Gasteiger partial charge in [0.2, 0.25) is 5.91 Å². The predicted octanol–water partition coefficient (Wildman–Crippen LogP) is 4.10. The molecule has 0 aromatic heterocycles. The fourth-order valence-electron chi connectivity index (χ4n) is 6.02. The van der Waals surface area contributed by atoms with E-state index < -0.39 is 36.3 Å². The van der Waals surface area contributed by atoms with Crippen LogP contribution in [0.4, 0.5) is 32.0 Å². The monoisotopic (exact) mass is 717 g/mol. The third-order valence-corrected chi connectivity index (χ3v) is 8.57. The van der Waals surface area contributed by atoms with Crippen molar-refractivity contribution in [2.75, 3.05) is 25.0 Å². The van der Waals surface area contributed by atoms with E-state index in [1.165, 1.54) is 12.1 Å². The summed E-state index contributed by atoms with van der Waals surface area (Å²) >= 11 is 0. The molecule has 2 heterocycles. The van der Waals surface area contributed by atoms with Crippen LogP contribution in [0.25, 0.3) is 0 Å². The van der Waals surface area contributed by atoms with E-state index >= 15 is 0 Å². The van der Waals surface area contributed by atoms with Crippen molar-refractivity contribution in [1.29, 1.82) is 5.41 Å². The molecule has 272 valence electrons. The van der Waals surface area contributed by atoms with Crippen molar-refractivity contribution in [3.05, 3.63) is 65.2 Å². The molecule has 3 aliphatic rings. The van der Waals surface area contributed by atoms with Gasteiger partial charge in [0.25, 0.3) is 5.91 Å². The van der Waals surface area contributed by atoms with Crippen LogP contribution in [0.1, 0.15) is 53.2 Å². The Bertz CT molecular complexity index is 1580. The Morgan fingerprint density at radius 2 is 1.32 bits per heavy atom. The standard InChI is InChI=1S/C27H31N5O4.2C2HF3O2/c28-26(29)31-13-10-27(11-14-31)15-19(16-27)24(34)32-12-9-17-3-1-2-4-21(17)22(32)23(33)30-20-7-5-18(6-8-20)25(35)36;2*3-2(4,5)1(6)7/h1-8,19,22H,9-16H2,(H3,28,29)(H,30,33)(H,35,36);2*(H,6,7). The minimum Gasteiger partial charge on any atom is -0.478 e. The molecule has 1 atom stereocenters. The molecule has 1 unspecified atom stereocenters. The Balaban J connectivity index is 0.000000408. The lowest BCUT2D eigenvalue weighted by Gasteiger charge is -2.53. The van der Waals surface area contributed by atoms with Gasteiger partial charge in [-0.2, -0.15) is 26.3 Å². The van der Waals surface area contributed by atoms with E-state index in [-0.39, 0.29) is 34.7 Å². The average Bonchev–Trinajstić information content (AvgIpc) is 3.02. The summed E-state index contributed by atoms with van der Waals surface area (Å²) in [6.45, 7) is 1.98. The molecule has 2 aliphatic heterocycles. The Morgan fingerprint density at radius 1 is 0.820 bits per heavy atom. The number of piperidine rings is 1. The Labute approximate surface area is 280 Å². The number of likely N-dealkylation sites (tertiary alicyclic amines) is 1. The molecule has 2 aromatic rings. The first kappa shape index (κ1) is 39.1. The van der Waals surface area contributed by atoms with Gasteiger partial charge in [-0.3, -0.25) is 15.0 Å². The third-order valence-electron chi connectivity index (χ3n) is 8.57. The number of anilines is 1. The molecule has 1 saturated heterocycles. The van der Waals surface area contributed by atoms with Crippen molar-refractivity contribution in [2.45, 2.75) is 50.5 Å². The van der Waals surface area contributed by atoms with Crippen LogP contribution in [0.2, 0.25) is 0 Å². The van der Waals surface area contributed by atoms with Crippen molar-refractivity contribution >= 4 is 41.4 Å². The molecule has 19 heteroatoms. The second-order valence-electron chi connectivity index (χ2n) is 11.8. The number of fused-ring (bicyclic) bond motifs is 1. The van der Waals surface area contributed by atoms with Crippen molar-refractivity contribution in [3.8, 4) is 0 Å². The zero-order valence-electron chi connectivity index (χ0n) is 26.1. The molecule has 2 fully saturated rings. The van der Waals surface area contributed by atoms with Crippen LogP contribution >= 0.6 is 0 Å². The van der Waals surface area contributed by atoms with E-state index in [1.807, 2.05) is 29.2 Å². The largest absolute Gasteiger partial charge is 0.490 e. The smallest absolute Gasteiger partial charge is 0.478 e. The molecule has 7 N–H and O–H groups in total.